The molecule has 4 heteroatoms. The van der Waals surface area contributed by atoms with E-state index >= 15 is 0 Å². The molecule has 1 aromatic heterocycles. The van der Waals surface area contributed by atoms with E-state index in [9.17, 15) is 0 Å². The standard InChI is InChI=1S/C13H21N3O/c1-10-5-3-4-6-12(10)16(2)13-8-7-11(9-17)14-15-13/h7-8,10,12,17H,3-6,9H2,1-2H3. The van der Waals surface area contributed by atoms with Crippen molar-refractivity contribution in [1.29, 1.82) is 0 Å². The third-order valence-corrected chi connectivity index (χ3v) is 3.79. The van der Waals surface area contributed by atoms with Crippen LogP contribution in [0, 0.1) is 5.92 Å². The number of anilines is 1. The van der Waals surface area contributed by atoms with Crippen molar-refractivity contribution in [2.24, 2.45) is 5.92 Å². The lowest BCUT2D eigenvalue weighted by molar-refractivity contribution is 0.275. The molecule has 2 unspecified atom stereocenters. The first-order valence-electron chi connectivity index (χ1n) is 6.38. The topological polar surface area (TPSA) is 49.2 Å². The van der Waals surface area contributed by atoms with E-state index in [0.29, 0.717) is 17.7 Å². The molecule has 1 N–H and O–H groups in total. The Labute approximate surface area is 103 Å². The van der Waals surface area contributed by atoms with Gasteiger partial charge in [0.05, 0.1) is 12.3 Å². The molecule has 1 saturated carbocycles. The van der Waals surface area contributed by atoms with Crippen LogP contribution >= 0.6 is 0 Å². The molecule has 0 saturated heterocycles. The van der Waals surface area contributed by atoms with Crippen LogP contribution in [0.5, 0.6) is 0 Å². The first-order chi connectivity index (χ1) is 8.22. The average Bonchev–Trinajstić information content (AvgIpc) is 2.39. The summed E-state index contributed by atoms with van der Waals surface area (Å²) >= 11 is 0. The zero-order valence-corrected chi connectivity index (χ0v) is 10.6. The van der Waals surface area contributed by atoms with Gasteiger partial charge in [0.25, 0.3) is 0 Å². The Bertz CT molecular complexity index is 352. The molecule has 94 valence electrons. The second-order valence-electron chi connectivity index (χ2n) is 4.98. The molecule has 2 rings (SSSR count). The Hall–Kier alpha value is -1.16. The number of aliphatic hydroxyl groups is 1. The summed E-state index contributed by atoms with van der Waals surface area (Å²) < 4.78 is 0. The number of rotatable bonds is 3. The van der Waals surface area contributed by atoms with Crippen molar-refractivity contribution in [3.63, 3.8) is 0 Å². The first kappa shape index (κ1) is 12.3. The second-order valence-corrected chi connectivity index (χ2v) is 4.98. The van der Waals surface area contributed by atoms with Crippen LogP contribution in [0.2, 0.25) is 0 Å². The average molecular weight is 235 g/mol. The Morgan fingerprint density at radius 2 is 2.06 bits per heavy atom. The van der Waals surface area contributed by atoms with Crippen molar-refractivity contribution in [3.05, 3.63) is 17.8 Å². The van der Waals surface area contributed by atoms with Gasteiger partial charge in [0, 0.05) is 13.1 Å². The van der Waals surface area contributed by atoms with Crippen LogP contribution < -0.4 is 4.90 Å². The summed E-state index contributed by atoms with van der Waals surface area (Å²) in [5.41, 5.74) is 0.624. The van der Waals surface area contributed by atoms with Gasteiger partial charge >= 0.3 is 0 Å². The first-order valence-corrected chi connectivity index (χ1v) is 6.38. The smallest absolute Gasteiger partial charge is 0.151 e. The molecular weight excluding hydrogens is 214 g/mol. The molecule has 1 fully saturated rings. The molecule has 2 atom stereocenters. The van der Waals surface area contributed by atoms with Gasteiger partial charge in [-0.15, -0.1) is 5.10 Å². The van der Waals surface area contributed by atoms with Gasteiger partial charge in [0.1, 0.15) is 0 Å². The Kier molecular flexibility index (Phi) is 3.94. The predicted molar refractivity (Wildman–Crippen MR) is 67.8 cm³/mol. The zero-order chi connectivity index (χ0) is 12.3. The van der Waals surface area contributed by atoms with Gasteiger partial charge in [-0.25, -0.2) is 0 Å². The second kappa shape index (κ2) is 5.45. The van der Waals surface area contributed by atoms with Crippen LogP contribution in [-0.2, 0) is 6.61 Å². The van der Waals surface area contributed by atoms with Crippen LogP contribution in [0.25, 0.3) is 0 Å². The van der Waals surface area contributed by atoms with Gasteiger partial charge < -0.3 is 10.0 Å². The van der Waals surface area contributed by atoms with E-state index in [0.717, 1.165) is 5.82 Å². The summed E-state index contributed by atoms with van der Waals surface area (Å²) in [4.78, 5) is 2.23. The summed E-state index contributed by atoms with van der Waals surface area (Å²) in [6.45, 7) is 2.27. The number of nitrogens with zero attached hydrogens (tertiary/aromatic N) is 3. The molecule has 1 heterocycles. The van der Waals surface area contributed by atoms with Crippen LogP contribution in [0.4, 0.5) is 5.82 Å². The normalized spacial score (nSPS) is 24.6. The molecule has 1 aromatic rings. The van der Waals surface area contributed by atoms with E-state index in [2.05, 4.69) is 29.1 Å². The maximum atomic E-state index is 8.94. The maximum absolute atomic E-state index is 8.94. The van der Waals surface area contributed by atoms with E-state index < -0.39 is 0 Å². The molecule has 1 aliphatic rings. The van der Waals surface area contributed by atoms with E-state index in [1.807, 2.05) is 12.1 Å². The SMILES string of the molecule is CC1CCCCC1N(C)c1ccc(CO)nn1. The fourth-order valence-electron chi connectivity index (χ4n) is 2.67. The van der Waals surface area contributed by atoms with Crippen molar-refractivity contribution in [2.75, 3.05) is 11.9 Å². The molecule has 4 nitrogen and oxygen atoms in total. The lowest BCUT2D eigenvalue weighted by atomic mass is 9.85. The third-order valence-electron chi connectivity index (χ3n) is 3.79. The minimum Gasteiger partial charge on any atom is -0.390 e. The molecule has 0 aromatic carbocycles. The van der Waals surface area contributed by atoms with Crippen LogP contribution in [0.1, 0.15) is 38.3 Å². The number of aliphatic hydroxyl groups excluding tert-OH is 1. The summed E-state index contributed by atoms with van der Waals surface area (Å²) in [7, 11) is 2.09. The van der Waals surface area contributed by atoms with E-state index in [1.54, 1.807) is 0 Å². The molecule has 0 radical (unpaired) electrons. The van der Waals surface area contributed by atoms with E-state index in [-0.39, 0.29) is 6.61 Å². The van der Waals surface area contributed by atoms with Crippen molar-refractivity contribution < 1.29 is 5.11 Å². The van der Waals surface area contributed by atoms with Crippen LogP contribution in [0.3, 0.4) is 0 Å². The molecule has 0 amide bonds. The molecule has 0 aliphatic heterocycles. The van der Waals surface area contributed by atoms with Crippen LogP contribution in [0.15, 0.2) is 12.1 Å². The van der Waals surface area contributed by atoms with Crippen LogP contribution in [-0.4, -0.2) is 28.4 Å². The van der Waals surface area contributed by atoms with Crippen molar-refractivity contribution >= 4 is 5.82 Å². The summed E-state index contributed by atoms with van der Waals surface area (Å²) in [6, 6.07) is 4.35. The van der Waals surface area contributed by atoms with Gasteiger partial charge in [-0.2, -0.15) is 5.10 Å². The summed E-state index contributed by atoms with van der Waals surface area (Å²) in [6.07, 6.45) is 5.19. The maximum Gasteiger partial charge on any atom is 0.151 e. The third kappa shape index (κ3) is 2.75. The number of hydrogen-bond acceptors (Lipinski definition) is 4. The molecule has 1 aliphatic carbocycles. The highest BCUT2D eigenvalue weighted by molar-refractivity contribution is 5.37. The number of aromatic nitrogens is 2. The largest absolute Gasteiger partial charge is 0.390 e. The Morgan fingerprint density at radius 1 is 1.29 bits per heavy atom. The zero-order valence-electron chi connectivity index (χ0n) is 10.6. The minimum absolute atomic E-state index is 0.0448. The van der Waals surface area contributed by atoms with Gasteiger partial charge in [-0.05, 0) is 30.9 Å². The molecule has 0 spiro atoms. The van der Waals surface area contributed by atoms with Crippen molar-refractivity contribution in [2.45, 2.75) is 45.3 Å². The van der Waals surface area contributed by atoms with Crippen molar-refractivity contribution in [3.8, 4) is 0 Å². The summed E-state index contributed by atoms with van der Waals surface area (Å²) in [5, 5.41) is 17.1. The summed E-state index contributed by atoms with van der Waals surface area (Å²) in [5.74, 6) is 1.62. The lowest BCUT2D eigenvalue weighted by Gasteiger charge is -2.36. The monoisotopic (exact) mass is 235 g/mol. The molecular formula is C13H21N3O. The molecule has 0 bridgehead atoms. The van der Waals surface area contributed by atoms with Crippen molar-refractivity contribution in [1.82, 2.24) is 10.2 Å². The lowest BCUT2D eigenvalue weighted by Crippen LogP contribution is -2.39. The highest BCUT2D eigenvalue weighted by Gasteiger charge is 2.25. The predicted octanol–water partition coefficient (Wildman–Crippen LogP) is 1.98. The van der Waals surface area contributed by atoms with E-state index in [1.165, 1.54) is 25.7 Å². The fraction of sp³-hybridized carbons (Fsp3) is 0.692. The van der Waals surface area contributed by atoms with Gasteiger partial charge in [0.2, 0.25) is 0 Å². The van der Waals surface area contributed by atoms with E-state index in [4.69, 9.17) is 5.11 Å². The number of hydrogen-bond donors (Lipinski definition) is 1. The quantitative estimate of drug-likeness (QED) is 0.870. The van der Waals surface area contributed by atoms with Gasteiger partial charge in [-0.3, -0.25) is 0 Å². The Morgan fingerprint density at radius 3 is 2.65 bits per heavy atom. The fourth-order valence-corrected chi connectivity index (χ4v) is 2.67. The highest BCUT2D eigenvalue weighted by Crippen LogP contribution is 2.29. The molecule has 17 heavy (non-hydrogen) atoms. The minimum atomic E-state index is -0.0448. The Balaban J connectivity index is 2.09. The van der Waals surface area contributed by atoms with Gasteiger partial charge in [0.15, 0.2) is 5.82 Å². The van der Waals surface area contributed by atoms with Gasteiger partial charge in [-0.1, -0.05) is 19.8 Å². The highest BCUT2D eigenvalue weighted by atomic mass is 16.3.